The third kappa shape index (κ3) is 4.39. The van der Waals surface area contributed by atoms with Crippen molar-refractivity contribution in [3.63, 3.8) is 0 Å². The number of rotatable bonds is 4. The van der Waals surface area contributed by atoms with Gasteiger partial charge in [-0.25, -0.2) is 9.59 Å². The largest absolute Gasteiger partial charge is 0.480 e. The summed E-state index contributed by atoms with van der Waals surface area (Å²) in [5.74, 6) is -1.16. The summed E-state index contributed by atoms with van der Waals surface area (Å²) in [5.41, 5.74) is 0.755. The summed E-state index contributed by atoms with van der Waals surface area (Å²) in [5, 5.41) is 12.9. The number of carboxylic acids is 1. The Bertz CT molecular complexity index is 733. The molecule has 0 fully saturated rings. The number of nitrogens with one attached hydrogen (secondary N) is 2. The first-order chi connectivity index (χ1) is 10.7. The molecule has 0 spiro atoms. The normalized spacial score (nSPS) is 12.9. The molecule has 0 saturated carbocycles. The van der Waals surface area contributed by atoms with Crippen LogP contribution in [0.15, 0.2) is 24.3 Å². The van der Waals surface area contributed by atoms with Gasteiger partial charge in [-0.1, -0.05) is 29.8 Å². The molecule has 0 aliphatic heterocycles. The lowest BCUT2D eigenvalue weighted by Gasteiger charge is -2.22. The lowest BCUT2D eigenvalue weighted by Crippen LogP contribution is -2.44. The average molecular weight is 339 g/mol. The Morgan fingerprint density at radius 3 is 2.61 bits per heavy atom. The van der Waals surface area contributed by atoms with Crippen LogP contribution in [0.4, 0.5) is 4.79 Å². The van der Waals surface area contributed by atoms with Gasteiger partial charge in [0.05, 0.1) is 0 Å². The second-order valence-corrected chi connectivity index (χ2v) is 6.58. The molecule has 7 heteroatoms. The molecule has 0 bridgehead atoms. The number of H-pyrrole nitrogens is 1. The lowest BCUT2D eigenvalue weighted by atomic mass is 10.1. The van der Waals surface area contributed by atoms with Crippen LogP contribution in [0, 0.1) is 0 Å². The SMILES string of the molecule is CC(C)(C)OC(=O)NC(Cc1c(Cl)[nH]c2ccccc12)C(=O)O. The fourth-order valence-electron chi connectivity index (χ4n) is 2.22. The van der Waals surface area contributed by atoms with E-state index < -0.39 is 23.7 Å². The molecule has 124 valence electrons. The van der Waals surface area contributed by atoms with E-state index in [9.17, 15) is 14.7 Å². The third-order valence-corrected chi connectivity index (χ3v) is 3.48. The van der Waals surface area contributed by atoms with E-state index in [1.54, 1.807) is 20.8 Å². The Kier molecular flexibility index (Phi) is 4.85. The molecule has 2 aromatic rings. The molecule has 0 aliphatic rings. The number of hydrogen-bond acceptors (Lipinski definition) is 3. The van der Waals surface area contributed by atoms with Crippen molar-refractivity contribution < 1.29 is 19.4 Å². The maximum atomic E-state index is 11.8. The fourth-order valence-corrected chi connectivity index (χ4v) is 2.50. The molecule has 1 amide bonds. The summed E-state index contributed by atoms with van der Waals surface area (Å²) in [6, 6.07) is 6.25. The number of fused-ring (bicyclic) bond motifs is 1. The highest BCUT2D eigenvalue weighted by molar-refractivity contribution is 6.31. The van der Waals surface area contributed by atoms with Gasteiger partial charge in [0.2, 0.25) is 0 Å². The van der Waals surface area contributed by atoms with Gasteiger partial charge in [0.15, 0.2) is 0 Å². The Balaban J connectivity index is 2.20. The zero-order chi connectivity index (χ0) is 17.2. The first kappa shape index (κ1) is 17.1. The first-order valence-electron chi connectivity index (χ1n) is 7.15. The van der Waals surface area contributed by atoms with Gasteiger partial charge in [0, 0.05) is 17.3 Å². The number of alkyl carbamates (subject to hydrolysis) is 1. The van der Waals surface area contributed by atoms with Crippen molar-refractivity contribution in [2.75, 3.05) is 0 Å². The van der Waals surface area contributed by atoms with Crippen molar-refractivity contribution >= 4 is 34.6 Å². The standard InChI is InChI=1S/C16H19ClN2O4/c1-16(2,3)23-15(22)19-12(14(20)21)8-10-9-6-4-5-7-11(9)18-13(10)17/h4-7,12,18H,8H2,1-3H3,(H,19,22)(H,20,21). The molecule has 0 aliphatic carbocycles. The molecule has 1 atom stereocenters. The number of para-hydroxylation sites is 1. The Morgan fingerprint density at radius 2 is 2.00 bits per heavy atom. The number of aromatic amines is 1. The number of amides is 1. The minimum atomic E-state index is -1.16. The van der Waals surface area contributed by atoms with Crippen molar-refractivity contribution in [3.05, 3.63) is 35.0 Å². The van der Waals surface area contributed by atoms with E-state index in [1.807, 2.05) is 24.3 Å². The van der Waals surface area contributed by atoms with Crippen LogP contribution < -0.4 is 5.32 Å². The summed E-state index contributed by atoms with van der Waals surface area (Å²) >= 11 is 6.17. The van der Waals surface area contributed by atoms with Gasteiger partial charge in [-0.2, -0.15) is 0 Å². The number of halogens is 1. The number of hydrogen-bond donors (Lipinski definition) is 3. The smallest absolute Gasteiger partial charge is 0.408 e. The highest BCUT2D eigenvalue weighted by atomic mass is 35.5. The number of carbonyl (C=O) groups is 2. The molecule has 6 nitrogen and oxygen atoms in total. The van der Waals surface area contributed by atoms with Crippen LogP contribution >= 0.6 is 11.6 Å². The molecule has 1 aromatic carbocycles. The monoisotopic (exact) mass is 338 g/mol. The number of carbonyl (C=O) groups excluding carboxylic acids is 1. The van der Waals surface area contributed by atoms with Gasteiger partial charge in [0.25, 0.3) is 0 Å². The minimum Gasteiger partial charge on any atom is -0.480 e. The molecule has 0 saturated heterocycles. The lowest BCUT2D eigenvalue weighted by molar-refractivity contribution is -0.139. The number of ether oxygens (including phenoxy) is 1. The third-order valence-electron chi connectivity index (χ3n) is 3.16. The summed E-state index contributed by atoms with van der Waals surface area (Å²) in [6.07, 6.45) is -0.724. The zero-order valence-electron chi connectivity index (χ0n) is 13.1. The van der Waals surface area contributed by atoms with E-state index in [0.29, 0.717) is 10.7 Å². The van der Waals surface area contributed by atoms with Gasteiger partial charge in [-0.15, -0.1) is 0 Å². The summed E-state index contributed by atoms with van der Waals surface area (Å²) in [4.78, 5) is 26.3. The van der Waals surface area contributed by atoms with E-state index in [-0.39, 0.29) is 6.42 Å². The topological polar surface area (TPSA) is 91.4 Å². The van der Waals surface area contributed by atoms with Crippen LogP contribution in [0.1, 0.15) is 26.3 Å². The molecular formula is C16H19ClN2O4. The second kappa shape index (κ2) is 6.50. The molecule has 1 heterocycles. The Labute approximate surface area is 138 Å². The Morgan fingerprint density at radius 1 is 1.35 bits per heavy atom. The van der Waals surface area contributed by atoms with Crippen LogP contribution in [-0.2, 0) is 16.0 Å². The minimum absolute atomic E-state index is 0.0530. The first-order valence-corrected chi connectivity index (χ1v) is 7.52. The van der Waals surface area contributed by atoms with Gasteiger partial charge in [-0.3, -0.25) is 0 Å². The molecule has 2 rings (SSSR count). The summed E-state index contributed by atoms with van der Waals surface area (Å²) < 4.78 is 5.10. The van der Waals surface area contributed by atoms with E-state index >= 15 is 0 Å². The average Bonchev–Trinajstić information content (AvgIpc) is 2.72. The van der Waals surface area contributed by atoms with Crippen molar-refractivity contribution in [3.8, 4) is 0 Å². The molecule has 0 radical (unpaired) electrons. The van der Waals surface area contributed by atoms with Gasteiger partial charge >= 0.3 is 12.1 Å². The van der Waals surface area contributed by atoms with Gasteiger partial charge in [-0.05, 0) is 32.4 Å². The number of aliphatic carboxylic acids is 1. The van der Waals surface area contributed by atoms with Crippen LogP contribution in [0.5, 0.6) is 0 Å². The van der Waals surface area contributed by atoms with E-state index in [4.69, 9.17) is 16.3 Å². The molecule has 1 unspecified atom stereocenters. The van der Waals surface area contributed by atoms with E-state index in [2.05, 4.69) is 10.3 Å². The summed E-state index contributed by atoms with van der Waals surface area (Å²) in [7, 11) is 0. The maximum absolute atomic E-state index is 11.8. The molecule has 3 N–H and O–H groups in total. The highest BCUT2D eigenvalue weighted by Crippen LogP contribution is 2.27. The highest BCUT2D eigenvalue weighted by Gasteiger charge is 2.26. The van der Waals surface area contributed by atoms with E-state index in [0.717, 1.165) is 10.9 Å². The van der Waals surface area contributed by atoms with Gasteiger partial charge in [0.1, 0.15) is 16.8 Å². The molecule has 23 heavy (non-hydrogen) atoms. The van der Waals surface area contributed by atoms with Crippen molar-refractivity contribution in [2.24, 2.45) is 0 Å². The fraction of sp³-hybridized carbons (Fsp3) is 0.375. The van der Waals surface area contributed by atoms with Crippen LogP contribution in [-0.4, -0.2) is 33.8 Å². The number of benzene rings is 1. The summed E-state index contributed by atoms with van der Waals surface area (Å²) in [6.45, 7) is 5.12. The van der Waals surface area contributed by atoms with Gasteiger partial charge < -0.3 is 20.1 Å². The second-order valence-electron chi connectivity index (χ2n) is 6.20. The van der Waals surface area contributed by atoms with Crippen molar-refractivity contribution in [2.45, 2.75) is 38.8 Å². The van der Waals surface area contributed by atoms with Crippen LogP contribution in [0.2, 0.25) is 5.15 Å². The molecule has 1 aromatic heterocycles. The number of carboxylic acid groups (broad SMARTS) is 1. The van der Waals surface area contributed by atoms with Crippen LogP contribution in [0.3, 0.4) is 0 Å². The predicted molar refractivity (Wildman–Crippen MR) is 87.8 cm³/mol. The van der Waals surface area contributed by atoms with E-state index in [1.165, 1.54) is 0 Å². The maximum Gasteiger partial charge on any atom is 0.408 e. The molecular weight excluding hydrogens is 320 g/mol. The number of aromatic nitrogens is 1. The Hall–Kier alpha value is -2.21. The predicted octanol–water partition coefficient (Wildman–Crippen LogP) is 3.34. The quantitative estimate of drug-likeness (QED) is 0.797. The zero-order valence-corrected chi connectivity index (χ0v) is 13.9. The van der Waals surface area contributed by atoms with Crippen molar-refractivity contribution in [1.29, 1.82) is 0 Å². The van der Waals surface area contributed by atoms with Crippen LogP contribution in [0.25, 0.3) is 10.9 Å². The van der Waals surface area contributed by atoms with Crippen molar-refractivity contribution in [1.82, 2.24) is 10.3 Å².